The number of fused-ring (bicyclic) bond motifs is 1. The quantitative estimate of drug-likeness (QED) is 0.838. The van der Waals surface area contributed by atoms with E-state index in [2.05, 4.69) is 10.00 Å². The first-order valence-corrected chi connectivity index (χ1v) is 9.32. The summed E-state index contributed by atoms with van der Waals surface area (Å²) in [4.78, 5) is 17.5. The van der Waals surface area contributed by atoms with Gasteiger partial charge in [0.15, 0.2) is 5.69 Å². The van der Waals surface area contributed by atoms with E-state index in [0.717, 1.165) is 44.5 Å². The van der Waals surface area contributed by atoms with Crippen LogP contribution in [0.3, 0.4) is 0 Å². The molecule has 4 rings (SSSR count). The molecule has 2 saturated heterocycles. The molecule has 3 aliphatic rings. The molecule has 2 fully saturated rings. The summed E-state index contributed by atoms with van der Waals surface area (Å²) in [6, 6.07) is 0.608. The van der Waals surface area contributed by atoms with E-state index in [4.69, 9.17) is 0 Å². The summed E-state index contributed by atoms with van der Waals surface area (Å²) < 4.78 is 1.96. The van der Waals surface area contributed by atoms with Gasteiger partial charge in [-0.25, -0.2) is 0 Å². The standard InChI is InChI=1S/C18H28N4O/c1-20-16-8-7-14(21-9-3-2-4-10-21)13-15(16)17(19-20)18(23)22-11-5-6-12-22/h14H,2-13H2,1H3. The van der Waals surface area contributed by atoms with Crippen molar-refractivity contribution in [3.8, 4) is 0 Å². The van der Waals surface area contributed by atoms with Gasteiger partial charge in [0, 0.05) is 37.4 Å². The molecule has 23 heavy (non-hydrogen) atoms. The van der Waals surface area contributed by atoms with Gasteiger partial charge < -0.3 is 9.80 Å². The molecule has 1 aromatic heterocycles. The van der Waals surface area contributed by atoms with E-state index in [1.807, 2.05) is 16.6 Å². The number of aromatic nitrogens is 2. The van der Waals surface area contributed by atoms with Gasteiger partial charge in [0.2, 0.25) is 0 Å². The van der Waals surface area contributed by atoms with Gasteiger partial charge in [-0.2, -0.15) is 5.10 Å². The van der Waals surface area contributed by atoms with Crippen LogP contribution < -0.4 is 0 Å². The fourth-order valence-electron chi connectivity index (χ4n) is 4.61. The van der Waals surface area contributed by atoms with Crippen LogP contribution in [-0.2, 0) is 19.9 Å². The van der Waals surface area contributed by atoms with E-state index in [1.54, 1.807) is 0 Å². The van der Waals surface area contributed by atoms with Crippen molar-refractivity contribution in [2.75, 3.05) is 26.2 Å². The molecule has 0 N–H and O–H groups in total. The summed E-state index contributed by atoms with van der Waals surface area (Å²) in [7, 11) is 2.00. The van der Waals surface area contributed by atoms with Crippen molar-refractivity contribution >= 4 is 5.91 Å². The Balaban J connectivity index is 1.57. The number of rotatable bonds is 2. The SMILES string of the molecule is Cn1nc(C(=O)N2CCCC2)c2c1CCC(N1CCCCC1)C2. The van der Waals surface area contributed by atoms with Crippen molar-refractivity contribution in [1.29, 1.82) is 0 Å². The van der Waals surface area contributed by atoms with Gasteiger partial charge in [-0.3, -0.25) is 9.48 Å². The van der Waals surface area contributed by atoms with Crippen molar-refractivity contribution in [3.63, 3.8) is 0 Å². The Morgan fingerprint density at radius 1 is 1.04 bits per heavy atom. The molecule has 0 bridgehead atoms. The highest BCUT2D eigenvalue weighted by molar-refractivity contribution is 5.94. The summed E-state index contributed by atoms with van der Waals surface area (Å²) >= 11 is 0. The van der Waals surface area contributed by atoms with E-state index in [-0.39, 0.29) is 5.91 Å². The van der Waals surface area contributed by atoms with Crippen molar-refractivity contribution in [2.24, 2.45) is 7.05 Å². The number of carbonyl (C=O) groups excluding carboxylic acids is 1. The molecule has 126 valence electrons. The highest BCUT2D eigenvalue weighted by atomic mass is 16.2. The van der Waals surface area contributed by atoms with Gasteiger partial charge in [0.05, 0.1) is 0 Å². The Bertz CT molecular complexity index is 582. The number of aryl methyl sites for hydroxylation is 1. The molecule has 5 heteroatoms. The number of likely N-dealkylation sites (tertiary alicyclic amines) is 2. The summed E-state index contributed by atoms with van der Waals surface area (Å²) in [5, 5.41) is 4.62. The zero-order chi connectivity index (χ0) is 15.8. The number of hydrogen-bond acceptors (Lipinski definition) is 3. The van der Waals surface area contributed by atoms with Crippen LogP contribution in [0, 0.1) is 0 Å². The second-order valence-corrected chi connectivity index (χ2v) is 7.39. The van der Waals surface area contributed by atoms with E-state index in [9.17, 15) is 4.79 Å². The molecule has 1 amide bonds. The third kappa shape index (κ3) is 2.80. The van der Waals surface area contributed by atoms with Crippen molar-refractivity contribution < 1.29 is 4.79 Å². The predicted molar refractivity (Wildman–Crippen MR) is 89.6 cm³/mol. The Hall–Kier alpha value is -1.36. The zero-order valence-corrected chi connectivity index (χ0v) is 14.3. The predicted octanol–water partition coefficient (Wildman–Crippen LogP) is 2.00. The molecule has 0 aromatic carbocycles. The second-order valence-electron chi connectivity index (χ2n) is 7.39. The summed E-state index contributed by atoms with van der Waals surface area (Å²) in [5.74, 6) is 0.165. The van der Waals surface area contributed by atoms with Gasteiger partial charge >= 0.3 is 0 Å². The third-order valence-corrected chi connectivity index (χ3v) is 5.93. The van der Waals surface area contributed by atoms with E-state index in [1.165, 1.54) is 50.0 Å². The molecule has 5 nitrogen and oxygen atoms in total. The lowest BCUT2D eigenvalue weighted by atomic mass is 9.89. The summed E-state index contributed by atoms with van der Waals surface area (Å²) in [6.45, 7) is 4.27. The lowest BCUT2D eigenvalue weighted by Gasteiger charge is -2.37. The van der Waals surface area contributed by atoms with E-state index in [0.29, 0.717) is 6.04 Å². The second kappa shape index (κ2) is 6.27. The molecule has 0 radical (unpaired) electrons. The van der Waals surface area contributed by atoms with Gasteiger partial charge in [-0.15, -0.1) is 0 Å². The third-order valence-electron chi connectivity index (χ3n) is 5.93. The minimum absolute atomic E-state index is 0.165. The average molecular weight is 316 g/mol. The van der Waals surface area contributed by atoms with Crippen LogP contribution in [-0.4, -0.2) is 57.7 Å². The smallest absolute Gasteiger partial charge is 0.274 e. The van der Waals surface area contributed by atoms with Gasteiger partial charge in [-0.05, 0) is 58.0 Å². The van der Waals surface area contributed by atoms with Crippen molar-refractivity contribution in [2.45, 2.75) is 57.4 Å². The maximum atomic E-state index is 12.9. The van der Waals surface area contributed by atoms with E-state index >= 15 is 0 Å². The van der Waals surface area contributed by atoms with Crippen molar-refractivity contribution in [3.05, 3.63) is 17.0 Å². The molecule has 1 unspecified atom stereocenters. The molecule has 1 aliphatic carbocycles. The molecule has 2 aliphatic heterocycles. The monoisotopic (exact) mass is 316 g/mol. The Kier molecular flexibility index (Phi) is 4.14. The maximum absolute atomic E-state index is 12.9. The van der Waals surface area contributed by atoms with Gasteiger partial charge in [0.25, 0.3) is 5.91 Å². The molecule has 1 aromatic rings. The number of piperidine rings is 1. The molecule has 3 heterocycles. The first-order valence-electron chi connectivity index (χ1n) is 9.32. The normalized spacial score (nSPS) is 25.6. The molecule has 0 spiro atoms. The number of carbonyl (C=O) groups is 1. The van der Waals surface area contributed by atoms with Gasteiger partial charge in [-0.1, -0.05) is 6.42 Å². The summed E-state index contributed by atoms with van der Waals surface area (Å²) in [6.07, 6.45) is 9.59. The number of nitrogens with zero attached hydrogens (tertiary/aromatic N) is 4. The minimum Gasteiger partial charge on any atom is -0.337 e. The van der Waals surface area contributed by atoms with Crippen LogP contribution in [0.4, 0.5) is 0 Å². The molecular formula is C18H28N4O. The highest BCUT2D eigenvalue weighted by Crippen LogP contribution is 2.29. The lowest BCUT2D eigenvalue weighted by molar-refractivity contribution is 0.0784. The van der Waals surface area contributed by atoms with Crippen LogP contribution in [0.5, 0.6) is 0 Å². The average Bonchev–Trinajstić information content (AvgIpc) is 3.23. The molecule has 0 saturated carbocycles. The van der Waals surface area contributed by atoms with E-state index < -0.39 is 0 Å². The summed E-state index contributed by atoms with van der Waals surface area (Å²) in [5.41, 5.74) is 3.28. The Morgan fingerprint density at radius 2 is 1.74 bits per heavy atom. The maximum Gasteiger partial charge on any atom is 0.274 e. The Labute approximate surface area is 138 Å². The minimum atomic E-state index is 0.165. The largest absolute Gasteiger partial charge is 0.337 e. The van der Waals surface area contributed by atoms with Crippen molar-refractivity contribution in [1.82, 2.24) is 19.6 Å². The number of hydrogen-bond donors (Lipinski definition) is 0. The van der Waals surface area contributed by atoms with Crippen LogP contribution in [0.2, 0.25) is 0 Å². The first-order chi connectivity index (χ1) is 11.2. The lowest BCUT2D eigenvalue weighted by Crippen LogP contribution is -2.42. The zero-order valence-electron chi connectivity index (χ0n) is 14.3. The fourth-order valence-corrected chi connectivity index (χ4v) is 4.61. The fraction of sp³-hybridized carbons (Fsp3) is 0.778. The first kappa shape index (κ1) is 15.2. The topological polar surface area (TPSA) is 41.4 Å². The Morgan fingerprint density at radius 3 is 2.48 bits per heavy atom. The van der Waals surface area contributed by atoms with Crippen LogP contribution in [0.25, 0.3) is 0 Å². The van der Waals surface area contributed by atoms with Crippen LogP contribution >= 0.6 is 0 Å². The highest BCUT2D eigenvalue weighted by Gasteiger charge is 2.33. The number of amides is 1. The molecular weight excluding hydrogens is 288 g/mol. The van der Waals surface area contributed by atoms with Gasteiger partial charge in [0.1, 0.15) is 0 Å². The molecule has 1 atom stereocenters. The van der Waals surface area contributed by atoms with Crippen LogP contribution in [0.1, 0.15) is 60.3 Å². The van der Waals surface area contributed by atoms with Crippen LogP contribution in [0.15, 0.2) is 0 Å².